The van der Waals surface area contributed by atoms with Crippen molar-refractivity contribution in [2.75, 3.05) is 12.4 Å². The van der Waals surface area contributed by atoms with Crippen molar-refractivity contribution >= 4 is 27.5 Å². The van der Waals surface area contributed by atoms with E-state index in [9.17, 15) is 10.0 Å². The molecule has 7 heteroatoms. The SMILES string of the molecule is COc1ccc(-c2nc(C)c(C(=O)Nc3cccc(Br)c3)n2O)cc1-c1c(C)cccc1C. The Labute approximate surface area is 201 Å². The molecule has 3 aromatic carbocycles. The summed E-state index contributed by atoms with van der Waals surface area (Å²) in [6.45, 7) is 5.80. The van der Waals surface area contributed by atoms with E-state index >= 15 is 0 Å². The lowest BCUT2D eigenvalue weighted by Crippen LogP contribution is -2.17. The topological polar surface area (TPSA) is 76.4 Å². The average Bonchev–Trinajstić information content (AvgIpc) is 3.07. The Hall–Kier alpha value is -3.58. The Morgan fingerprint density at radius 3 is 2.39 bits per heavy atom. The maximum Gasteiger partial charge on any atom is 0.277 e. The first-order valence-electron chi connectivity index (χ1n) is 10.4. The molecule has 33 heavy (non-hydrogen) atoms. The third kappa shape index (κ3) is 4.36. The van der Waals surface area contributed by atoms with Gasteiger partial charge < -0.3 is 15.3 Å². The van der Waals surface area contributed by atoms with Crippen LogP contribution in [-0.4, -0.2) is 27.9 Å². The third-order valence-corrected chi connectivity index (χ3v) is 6.03. The molecule has 0 saturated heterocycles. The van der Waals surface area contributed by atoms with Gasteiger partial charge in [-0.3, -0.25) is 4.79 Å². The first-order valence-corrected chi connectivity index (χ1v) is 11.2. The number of aromatic nitrogens is 2. The summed E-state index contributed by atoms with van der Waals surface area (Å²) in [5.41, 5.74) is 5.96. The number of aryl methyl sites for hydroxylation is 3. The molecule has 168 valence electrons. The highest BCUT2D eigenvalue weighted by Gasteiger charge is 2.23. The van der Waals surface area contributed by atoms with Crippen LogP contribution in [0.25, 0.3) is 22.5 Å². The van der Waals surface area contributed by atoms with Gasteiger partial charge in [0, 0.05) is 21.3 Å². The van der Waals surface area contributed by atoms with Crippen LogP contribution in [-0.2, 0) is 0 Å². The van der Waals surface area contributed by atoms with Gasteiger partial charge in [0.25, 0.3) is 5.91 Å². The summed E-state index contributed by atoms with van der Waals surface area (Å²) in [6, 6.07) is 19.0. The minimum atomic E-state index is -0.449. The van der Waals surface area contributed by atoms with Crippen molar-refractivity contribution in [2.45, 2.75) is 20.8 Å². The number of amides is 1. The largest absolute Gasteiger partial charge is 0.496 e. The van der Waals surface area contributed by atoms with E-state index in [2.05, 4.69) is 52.2 Å². The molecule has 0 spiro atoms. The lowest BCUT2D eigenvalue weighted by Gasteiger charge is -2.15. The summed E-state index contributed by atoms with van der Waals surface area (Å²) in [5, 5.41) is 13.7. The van der Waals surface area contributed by atoms with E-state index in [1.54, 1.807) is 26.2 Å². The van der Waals surface area contributed by atoms with Crippen LogP contribution in [0.15, 0.2) is 65.1 Å². The number of methoxy groups -OCH3 is 1. The Morgan fingerprint density at radius 1 is 1.03 bits per heavy atom. The van der Waals surface area contributed by atoms with Crippen molar-refractivity contribution < 1.29 is 14.7 Å². The number of nitrogens with one attached hydrogen (secondary N) is 1. The standard InChI is InChI=1S/C26H24BrN3O3/c1-15-7-5-8-16(2)23(15)21-13-18(11-12-22(21)33-4)25-28-17(3)24(30(25)32)26(31)29-20-10-6-9-19(27)14-20/h5-14,32H,1-4H3,(H,29,31). The van der Waals surface area contributed by atoms with Gasteiger partial charge >= 0.3 is 0 Å². The maximum absolute atomic E-state index is 12.9. The maximum atomic E-state index is 12.9. The molecule has 0 saturated carbocycles. The predicted octanol–water partition coefficient (Wildman–Crippen LogP) is 6.40. The summed E-state index contributed by atoms with van der Waals surface area (Å²) >= 11 is 3.39. The minimum Gasteiger partial charge on any atom is -0.496 e. The summed E-state index contributed by atoms with van der Waals surface area (Å²) in [7, 11) is 1.63. The van der Waals surface area contributed by atoms with Gasteiger partial charge in [-0.25, -0.2) is 4.98 Å². The normalized spacial score (nSPS) is 10.8. The second-order valence-electron chi connectivity index (χ2n) is 7.83. The molecule has 1 aromatic heterocycles. The summed E-state index contributed by atoms with van der Waals surface area (Å²) in [5.74, 6) is 0.550. The molecule has 4 aromatic rings. The smallest absolute Gasteiger partial charge is 0.277 e. The zero-order valence-electron chi connectivity index (χ0n) is 18.8. The molecule has 6 nitrogen and oxygen atoms in total. The molecule has 0 atom stereocenters. The molecule has 1 heterocycles. The summed E-state index contributed by atoms with van der Waals surface area (Å²) in [4.78, 5) is 17.4. The Morgan fingerprint density at radius 2 is 1.73 bits per heavy atom. The number of rotatable bonds is 5. The highest BCUT2D eigenvalue weighted by molar-refractivity contribution is 9.10. The van der Waals surface area contributed by atoms with Gasteiger partial charge in [-0.05, 0) is 73.9 Å². The number of hydrogen-bond acceptors (Lipinski definition) is 4. The molecule has 4 rings (SSSR count). The van der Waals surface area contributed by atoms with Crippen LogP contribution in [0.3, 0.4) is 0 Å². The van der Waals surface area contributed by atoms with Crippen molar-refractivity contribution in [3.8, 4) is 28.3 Å². The number of imidazole rings is 1. The number of hydrogen-bond donors (Lipinski definition) is 2. The van der Waals surface area contributed by atoms with E-state index in [4.69, 9.17) is 4.74 Å². The van der Waals surface area contributed by atoms with Gasteiger partial charge in [-0.2, -0.15) is 4.73 Å². The lowest BCUT2D eigenvalue weighted by molar-refractivity contribution is 0.0974. The van der Waals surface area contributed by atoms with Gasteiger partial charge in [-0.15, -0.1) is 0 Å². The Kier molecular flexibility index (Phi) is 6.24. The number of benzene rings is 3. The fourth-order valence-corrected chi connectivity index (χ4v) is 4.40. The second-order valence-corrected chi connectivity index (χ2v) is 8.74. The zero-order valence-corrected chi connectivity index (χ0v) is 20.4. The molecule has 0 bridgehead atoms. The quantitative estimate of drug-likeness (QED) is 0.307. The third-order valence-electron chi connectivity index (χ3n) is 5.53. The van der Waals surface area contributed by atoms with Crippen LogP contribution >= 0.6 is 15.9 Å². The predicted molar refractivity (Wildman–Crippen MR) is 133 cm³/mol. The van der Waals surface area contributed by atoms with Crippen molar-refractivity contribution in [1.82, 2.24) is 9.71 Å². The van der Waals surface area contributed by atoms with E-state index in [-0.39, 0.29) is 11.5 Å². The Bertz CT molecular complexity index is 1340. The zero-order chi connectivity index (χ0) is 23.7. The molecule has 0 aliphatic heterocycles. The van der Waals surface area contributed by atoms with Crippen molar-refractivity contribution in [1.29, 1.82) is 0 Å². The second kappa shape index (κ2) is 9.11. The van der Waals surface area contributed by atoms with Crippen LogP contribution in [0.1, 0.15) is 27.3 Å². The molecule has 0 aliphatic rings. The number of carbonyl (C=O) groups excluding carboxylic acids is 1. The van der Waals surface area contributed by atoms with Crippen molar-refractivity contribution in [3.05, 3.63) is 87.7 Å². The number of ether oxygens (including phenoxy) is 1. The van der Waals surface area contributed by atoms with Crippen molar-refractivity contribution in [2.24, 2.45) is 0 Å². The molecule has 0 fully saturated rings. The average molecular weight is 506 g/mol. The van der Waals surface area contributed by atoms with Crippen molar-refractivity contribution in [3.63, 3.8) is 0 Å². The number of nitrogens with zero attached hydrogens (tertiary/aromatic N) is 2. The molecular weight excluding hydrogens is 482 g/mol. The molecule has 2 N–H and O–H groups in total. The monoisotopic (exact) mass is 505 g/mol. The summed E-state index contributed by atoms with van der Waals surface area (Å²) in [6.07, 6.45) is 0. The minimum absolute atomic E-state index is 0.0782. The molecular formula is C26H24BrN3O3. The lowest BCUT2D eigenvalue weighted by atomic mass is 9.93. The van der Waals surface area contributed by atoms with Gasteiger partial charge in [-0.1, -0.05) is 40.2 Å². The highest BCUT2D eigenvalue weighted by Crippen LogP contribution is 2.37. The fraction of sp³-hybridized carbons (Fsp3) is 0.154. The van der Waals surface area contributed by atoms with E-state index in [1.807, 2.05) is 36.4 Å². The number of anilines is 1. The highest BCUT2D eigenvalue weighted by atomic mass is 79.9. The van der Waals surface area contributed by atoms with Gasteiger partial charge in [0.1, 0.15) is 5.75 Å². The van der Waals surface area contributed by atoms with Gasteiger partial charge in [0.05, 0.1) is 12.8 Å². The fourth-order valence-electron chi connectivity index (χ4n) is 4.00. The van der Waals surface area contributed by atoms with E-state index in [0.717, 1.165) is 37.2 Å². The first-order chi connectivity index (χ1) is 15.8. The van der Waals surface area contributed by atoms with E-state index < -0.39 is 5.91 Å². The van der Waals surface area contributed by atoms with E-state index in [0.29, 0.717) is 16.9 Å². The van der Waals surface area contributed by atoms with Crippen LogP contribution in [0.5, 0.6) is 5.75 Å². The van der Waals surface area contributed by atoms with E-state index in [1.165, 1.54) is 0 Å². The molecule has 0 unspecified atom stereocenters. The van der Waals surface area contributed by atoms with Crippen LogP contribution in [0.4, 0.5) is 5.69 Å². The summed E-state index contributed by atoms with van der Waals surface area (Å²) < 4.78 is 7.30. The molecule has 0 aliphatic carbocycles. The van der Waals surface area contributed by atoms with Gasteiger partial charge in [0.15, 0.2) is 11.5 Å². The Balaban J connectivity index is 1.77. The molecule has 0 radical (unpaired) electrons. The van der Waals surface area contributed by atoms with Crippen LogP contribution < -0.4 is 10.1 Å². The number of halogens is 1. The first kappa shape index (κ1) is 22.6. The number of carbonyl (C=O) groups is 1. The van der Waals surface area contributed by atoms with Crippen LogP contribution in [0, 0.1) is 20.8 Å². The van der Waals surface area contributed by atoms with Crippen LogP contribution in [0.2, 0.25) is 0 Å². The molecule has 1 amide bonds. The van der Waals surface area contributed by atoms with Gasteiger partial charge in [0.2, 0.25) is 0 Å².